The summed E-state index contributed by atoms with van der Waals surface area (Å²) in [7, 11) is 0. The van der Waals surface area contributed by atoms with Crippen LogP contribution in [-0.4, -0.2) is 33.6 Å². The molecule has 0 saturated carbocycles. The zero-order valence-corrected chi connectivity index (χ0v) is 11.7. The van der Waals surface area contributed by atoms with E-state index in [1.54, 1.807) is 6.07 Å². The van der Waals surface area contributed by atoms with Crippen molar-refractivity contribution in [2.75, 3.05) is 11.4 Å². The first-order chi connectivity index (χ1) is 9.01. The summed E-state index contributed by atoms with van der Waals surface area (Å²) in [6, 6.07) is 2.13. The van der Waals surface area contributed by atoms with Gasteiger partial charge in [0.05, 0.1) is 0 Å². The third-order valence-corrected chi connectivity index (χ3v) is 3.59. The molecule has 0 amide bonds. The molecule has 0 aromatic carbocycles. The molecule has 0 aliphatic carbocycles. The number of anilines is 1. The Balaban J connectivity index is 2.36. The van der Waals surface area contributed by atoms with Crippen LogP contribution in [0.2, 0.25) is 0 Å². The number of piperidine rings is 1. The summed E-state index contributed by atoms with van der Waals surface area (Å²) in [6.45, 7) is 7.25. The van der Waals surface area contributed by atoms with Gasteiger partial charge in [-0.05, 0) is 38.7 Å². The fraction of sp³-hybridized carbons (Fsp3) is 0.615. The van der Waals surface area contributed by atoms with Gasteiger partial charge in [0.15, 0.2) is 5.84 Å². The lowest BCUT2D eigenvalue weighted by atomic mass is 9.95. The highest BCUT2D eigenvalue weighted by Gasteiger charge is 2.25. The van der Waals surface area contributed by atoms with Crippen molar-refractivity contribution in [3.05, 3.63) is 17.5 Å². The molecule has 2 atom stereocenters. The number of oxime groups is 1. The van der Waals surface area contributed by atoms with E-state index in [2.05, 4.69) is 33.9 Å². The fourth-order valence-electron chi connectivity index (χ4n) is 2.43. The average molecular weight is 263 g/mol. The summed E-state index contributed by atoms with van der Waals surface area (Å²) in [4.78, 5) is 11.1. The number of aryl methyl sites for hydroxylation is 1. The van der Waals surface area contributed by atoms with E-state index < -0.39 is 0 Å². The Kier molecular flexibility index (Phi) is 3.87. The van der Waals surface area contributed by atoms with E-state index in [0.717, 1.165) is 18.7 Å². The number of hydrogen-bond donors (Lipinski definition) is 2. The molecule has 1 aliphatic rings. The largest absolute Gasteiger partial charge is 0.409 e. The van der Waals surface area contributed by atoms with Crippen molar-refractivity contribution in [3.8, 4) is 0 Å². The Hall–Kier alpha value is -1.85. The van der Waals surface area contributed by atoms with Gasteiger partial charge >= 0.3 is 0 Å². The van der Waals surface area contributed by atoms with Crippen LogP contribution in [-0.2, 0) is 0 Å². The molecule has 1 aromatic heterocycles. The standard InChI is InChI=1S/C13H21N5O/c1-8-4-5-10(3)18(7-8)13-15-9(2)6-11(16-13)12(14)17-19/h6,8,10,19H,4-5,7H2,1-3H3,(H2,14,17). The molecule has 2 rings (SSSR count). The van der Waals surface area contributed by atoms with E-state index in [1.807, 2.05) is 6.92 Å². The first-order valence-electron chi connectivity index (χ1n) is 6.61. The summed E-state index contributed by atoms with van der Waals surface area (Å²) < 4.78 is 0. The Morgan fingerprint density at radius 1 is 1.42 bits per heavy atom. The van der Waals surface area contributed by atoms with Crippen molar-refractivity contribution in [2.45, 2.75) is 39.7 Å². The predicted molar refractivity (Wildman–Crippen MR) is 74.5 cm³/mol. The lowest BCUT2D eigenvalue weighted by Crippen LogP contribution is -2.42. The van der Waals surface area contributed by atoms with E-state index >= 15 is 0 Å². The second-order valence-electron chi connectivity index (χ2n) is 5.36. The molecule has 19 heavy (non-hydrogen) atoms. The summed E-state index contributed by atoms with van der Waals surface area (Å²) in [6.07, 6.45) is 2.37. The average Bonchev–Trinajstić information content (AvgIpc) is 2.39. The van der Waals surface area contributed by atoms with Crippen LogP contribution in [0.5, 0.6) is 0 Å². The topological polar surface area (TPSA) is 87.6 Å². The maximum absolute atomic E-state index is 8.76. The number of aromatic nitrogens is 2. The molecular formula is C13H21N5O. The van der Waals surface area contributed by atoms with Gasteiger partial charge in [-0.3, -0.25) is 0 Å². The van der Waals surface area contributed by atoms with Crippen molar-refractivity contribution in [3.63, 3.8) is 0 Å². The minimum atomic E-state index is 0.0180. The highest BCUT2D eigenvalue weighted by molar-refractivity contribution is 5.95. The van der Waals surface area contributed by atoms with Crippen LogP contribution in [0.1, 0.15) is 38.1 Å². The second-order valence-corrected chi connectivity index (χ2v) is 5.36. The molecule has 2 unspecified atom stereocenters. The first-order valence-corrected chi connectivity index (χ1v) is 6.61. The minimum Gasteiger partial charge on any atom is -0.409 e. The molecule has 1 saturated heterocycles. The van der Waals surface area contributed by atoms with Crippen LogP contribution in [0.4, 0.5) is 5.95 Å². The molecule has 6 heteroatoms. The molecular weight excluding hydrogens is 242 g/mol. The minimum absolute atomic E-state index is 0.0180. The molecule has 1 aromatic rings. The van der Waals surface area contributed by atoms with Gasteiger partial charge in [-0.1, -0.05) is 12.1 Å². The molecule has 0 bridgehead atoms. The van der Waals surface area contributed by atoms with Gasteiger partial charge in [0.2, 0.25) is 5.95 Å². The molecule has 0 radical (unpaired) electrons. The lowest BCUT2D eigenvalue weighted by Gasteiger charge is -2.37. The molecule has 1 fully saturated rings. The molecule has 1 aliphatic heterocycles. The number of amidine groups is 1. The smallest absolute Gasteiger partial charge is 0.226 e. The van der Waals surface area contributed by atoms with Gasteiger partial charge in [-0.15, -0.1) is 0 Å². The molecule has 2 heterocycles. The van der Waals surface area contributed by atoms with Crippen molar-refractivity contribution >= 4 is 11.8 Å². The Bertz CT molecular complexity index is 488. The highest BCUT2D eigenvalue weighted by atomic mass is 16.4. The highest BCUT2D eigenvalue weighted by Crippen LogP contribution is 2.25. The molecule has 0 spiro atoms. The van der Waals surface area contributed by atoms with Crippen LogP contribution in [0.15, 0.2) is 11.2 Å². The third kappa shape index (κ3) is 2.94. The maximum atomic E-state index is 8.76. The Labute approximate surface area is 113 Å². The van der Waals surface area contributed by atoms with Crippen LogP contribution in [0, 0.1) is 12.8 Å². The fourth-order valence-corrected chi connectivity index (χ4v) is 2.43. The van der Waals surface area contributed by atoms with Gasteiger partial charge in [0.1, 0.15) is 5.69 Å². The van der Waals surface area contributed by atoms with Crippen molar-refractivity contribution in [1.29, 1.82) is 0 Å². The monoisotopic (exact) mass is 263 g/mol. The summed E-state index contributed by atoms with van der Waals surface area (Å²) in [5, 5.41) is 11.8. The lowest BCUT2D eigenvalue weighted by molar-refractivity contribution is 0.318. The van der Waals surface area contributed by atoms with Gasteiger partial charge in [0.25, 0.3) is 0 Å². The number of nitrogens with two attached hydrogens (primary N) is 1. The Morgan fingerprint density at radius 3 is 2.84 bits per heavy atom. The van der Waals surface area contributed by atoms with Crippen LogP contribution < -0.4 is 10.6 Å². The van der Waals surface area contributed by atoms with E-state index in [4.69, 9.17) is 10.9 Å². The normalized spacial score (nSPS) is 24.6. The summed E-state index contributed by atoms with van der Waals surface area (Å²) in [5.41, 5.74) is 6.90. The first kappa shape index (κ1) is 13.6. The quantitative estimate of drug-likeness (QED) is 0.365. The van der Waals surface area contributed by atoms with Gasteiger partial charge < -0.3 is 15.8 Å². The van der Waals surface area contributed by atoms with Gasteiger partial charge in [-0.2, -0.15) is 0 Å². The zero-order valence-electron chi connectivity index (χ0n) is 11.7. The summed E-state index contributed by atoms with van der Waals surface area (Å²) in [5.74, 6) is 1.32. The molecule has 104 valence electrons. The van der Waals surface area contributed by atoms with E-state index in [1.165, 1.54) is 6.42 Å². The van der Waals surface area contributed by atoms with Crippen molar-refractivity contribution < 1.29 is 5.21 Å². The van der Waals surface area contributed by atoms with Crippen LogP contribution in [0.25, 0.3) is 0 Å². The third-order valence-electron chi connectivity index (χ3n) is 3.59. The SMILES string of the molecule is Cc1cc(/C(N)=N/O)nc(N2CC(C)CCC2C)n1. The van der Waals surface area contributed by atoms with Crippen molar-refractivity contribution in [2.24, 2.45) is 16.8 Å². The second kappa shape index (κ2) is 5.42. The van der Waals surface area contributed by atoms with E-state index in [9.17, 15) is 0 Å². The zero-order chi connectivity index (χ0) is 14.0. The van der Waals surface area contributed by atoms with Gasteiger partial charge in [-0.25, -0.2) is 9.97 Å². The molecule has 3 N–H and O–H groups in total. The summed E-state index contributed by atoms with van der Waals surface area (Å²) >= 11 is 0. The number of rotatable bonds is 2. The number of nitrogens with zero attached hydrogens (tertiary/aromatic N) is 4. The predicted octanol–water partition coefficient (Wildman–Crippen LogP) is 1.50. The van der Waals surface area contributed by atoms with Crippen LogP contribution in [0.3, 0.4) is 0 Å². The van der Waals surface area contributed by atoms with E-state index in [0.29, 0.717) is 23.6 Å². The van der Waals surface area contributed by atoms with Gasteiger partial charge in [0, 0.05) is 18.3 Å². The maximum Gasteiger partial charge on any atom is 0.226 e. The van der Waals surface area contributed by atoms with E-state index in [-0.39, 0.29) is 5.84 Å². The van der Waals surface area contributed by atoms with Crippen molar-refractivity contribution in [1.82, 2.24) is 9.97 Å². The van der Waals surface area contributed by atoms with Crippen LogP contribution >= 0.6 is 0 Å². The molecule has 6 nitrogen and oxygen atoms in total. The number of hydrogen-bond acceptors (Lipinski definition) is 5. The Morgan fingerprint density at radius 2 is 2.16 bits per heavy atom.